The lowest BCUT2D eigenvalue weighted by atomic mass is 9.54. The fourth-order valence-corrected chi connectivity index (χ4v) is 6.77. The molecule has 3 aliphatic carbocycles. The normalized spacial score (nSPS) is 38.3. The number of amides is 2. The summed E-state index contributed by atoms with van der Waals surface area (Å²) in [6.45, 7) is 1.46. The van der Waals surface area contributed by atoms with E-state index in [2.05, 4.69) is 35.6 Å². The van der Waals surface area contributed by atoms with Crippen molar-refractivity contribution >= 4 is 11.8 Å². The van der Waals surface area contributed by atoms with Gasteiger partial charge < -0.3 is 10.2 Å². The molecule has 2 amide bonds. The van der Waals surface area contributed by atoms with Gasteiger partial charge in [-0.2, -0.15) is 0 Å². The molecule has 0 aromatic heterocycles. The van der Waals surface area contributed by atoms with Crippen LogP contribution < -0.4 is 5.32 Å². The first-order chi connectivity index (χ1) is 12.7. The molecule has 0 spiro atoms. The smallest absolute Gasteiger partial charge is 0.239 e. The molecule has 26 heavy (non-hydrogen) atoms. The van der Waals surface area contributed by atoms with Crippen molar-refractivity contribution in [3.05, 3.63) is 35.9 Å². The first-order valence-electron chi connectivity index (χ1n) is 10.3. The van der Waals surface area contributed by atoms with Gasteiger partial charge in [-0.1, -0.05) is 30.3 Å². The summed E-state index contributed by atoms with van der Waals surface area (Å²) in [7, 11) is 0. The van der Waals surface area contributed by atoms with Gasteiger partial charge in [-0.3, -0.25) is 9.59 Å². The lowest BCUT2D eigenvalue weighted by Crippen LogP contribution is -2.53. The second kappa shape index (κ2) is 6.11. The fraction of sp³-hybridized carbons (Fsp3) is 0.636. The number of carbonyl (C=O) groups is 2. The highest BCUT2D eigenvalue weighted by molar-refractivity contribution is 5.86. The van der Waals surface area contributed by atoms with Crippen LogP contribution in [0.15, 0.2) is 30.3 Å². The van der Waals surface area contributed by atoms with Crippen molar-refractivity contribution in [1.82, 2.24) is 10.2 Å². The van der Waals surface area contributed by atoms with E-state index in [1.54, 1.807) is 4.90 Å². The van der Waals surface area contributed by atoms with Crippen LogP contribution in [-0.2, 0) is 15.0 Å². The Labute approximate surface area is 155 Å². The summed E-state index contributed by atoms with van der Waals surface area (Å²) in [5.74, 6) is 3.38. The number of hydrogen-bond acceptors (Lipinski definition) is 2. The fourth-order valence-electron chi connectivity index (χ4n) is 6.77. The van der Waals surface area contributed by atoms with Gasteiger partial charge in [0.15, 0.2) is 0 Å². The number of benzene rings is 1. The van der Waals surface area contributed by atoms with Crippen molar-refractivity contribution < 1.29 is 9.59 Å². The molecule has 5 atom stereocenters. The van der Waals surface area contributed by atoms with Crippen molar-refractivity contribution in [3.63, 3.8) is 0 Å². The van der Waals surface area contributed by atoms with E-state index in [1.807, 2.05) is 0 Å². The molecule has 4 fully saturated rings. The van der Waals surface area contributed by atoms with Crippen molar-refractivity contribution in [2.75, 3.05) is 19.6 Å². The van der Waals surface area contributed by atoms with Gasteiger partial charge >= 0.3 is 0 Å². The summed E-state index contributed by atoms with van der Waals surface area (Å²) in [5, 5.41) is 2.83. The Hall–Kier alpha value is -1.84. The topological polar surface area (TPSA) is 49.4 Å². The molecular formula is C22H28N2O2. The third kappa shape index (κ3) is 2.49. The minimum absolute atomic E-state index is 0.0252. The maximum Gasteiger partial charge on any atom is 0.239 e. The van der Waals surface area contributed by atoms with Crippen LogP contribution in [0.2, 0.25) is 0 Å². The monoisotopic (exact) mass is 352 g/mol. The molecule has 138 valence electrons. The third-order valence-corrected chi connectivity index (χ3v) is 7.83. The summed E-state index contributed by atoms with van der Waals surface area (Å²) in [6.07, 6.45) is 7.06. The molecule has 5 unspecified atom stereocenters. The number of hydrogen-bond donors (Lipinski definition) is 1. The molecule has 0 radical (unpaired) electrons. The summed E-state index contributed by atoms with van der Waals surface area (Å²) in [4.78, 5) is 26.7. The van der Waals surface area contributed by atoms with Gasteiger partial charge in [-0.25, -0.2) is 0 Å². The average Bonchev–Trinajstić information content (AvgIpc) is 3.27. The molecule has 1 aromatic rings. The molecule has 5 rings (SSSR count). The van der Waals surface area contributed by atoms with Crippen molar-refractivity contribution in [2.24, 2.45) is 23.7 Å². The van der Waals surface area contributed by atoms with E-state index >= 15 is 0 Å². The van der Waals surface area contributed by atoms with Gasteiger partial charge in [0.1, 0.15) is 0 Å². The number of fused-ring (bicyclic) bond motifs is 1. The molecule has 1 N–H and O–H groups in total. The van der Waals surface area contributed by atoms with Gasteiger partial charge in [0, 0.05) is 24.9 Å². The number of carbonyl (C=O) groups excluding carboxylic acids is 2. The maximum atomic E-state index is 13.2. The summed E-state index contributed by atoms with van der Waals surface area (Å²) in [6, 6.07) is 10.8. The summed E-state index contributed by atoms with van der Waals surface area (Å²) in [5.41, 5.74) is 1.33. The van der Waals surface area contributed by atoms with E-state index < -0.39 is 0 Å². The second-order valence-corrected chi connectivity index (χ2v) is 9.01. The zero-order valence-electron chi connectivity index (χ0n) is 15.3. The predicted molar refractivity (Wildman–Crippen MR) is 99.4 cm³/mol. The Morgan fingerprint density at radius 1 is 1.19 bits per heavy atom. The first-order valence-corrected chi connectivity index (χ1v) is 10.3. The molecule has 3 saturated carbocycles. The lowest BCUT2D eigenvalue weighted by Gasteiger charge is -2.51. The largest absolute Gasteiger partial charge is 0.353 e. The maximum absolute atomic E-state index is 13.2. The Morgan fingerprint density at radius 3 is 2.81 bits per heavy atom. The quantitative estimate of drug-likeness (QED) is 0.909. The standard InChI is InChI=1S/C22H28N2O2/c25-20-14-24(9-8-23-20)21(26)13-22(17-4-2-1-3-5-17)7-6-16-10-15-11-18(16)19(22)12-15/h1-5,15-16,18-19H,6-14H2,(H,23,25). The third-order valence-electron chi connectivity index (χ3n) is 7.83. The van der Waals surface area contributed by atoms with E-state index in [-0.39, 0.29) is 23.8 Å². The number of rotatable bonds is 3. The SMILES string of the molecule is O=C1CN(C(=O)CC2(c3ccccc3)CCC3CC4CC3C2C4)CCN1. The zero-order valence-corrected chi connectivity index (χ0v) is 15.3. The van der Waals surface area contributed by atoms with E-state index in [9.17, 15) is 9.59 Å². The Balaban J connectivity index is 1.47. The minimum atomic E-state index is -0.0259. The second-order valence-electron chi connectivity index (χ2n) is 9.01. The van der Waals surface area contributed by atoms with Crippen molar-refractivity contribution in [2.45, 2.75) is 43.9 Å². The number of nitrogens with zero attached hydrogens (tertiary/aromatic N) is 1. The molecule has 1 heterocycles. The van der Waals surface area contributed by atoms with Gasteiger partial charge in [0.25, 0.3) is 0 Å². The van der Waals surface area contributed by atoms with Crippen LogP contribution in [0.1, 0.15) is 44.1 Å². The highest BCUT2D eigenvalue weighted by Gasteiger charge is 2.58. The Morgan fingerprint density at radius 2 is 2.04 bits per heavy atom. The average molecular weight is 352 g/mol. The summed E-state index contributed by atoms with van der Waals surface area (Å²) >= 11 is 0. The van der Waals surface area contributed by atoms with Crippen LogP contribution in [-0.4, -0.2) is 36.3 Å². The molecular weight excluding hydrogens is 324 g/mol. The van der Waals surface area contributed by atoms with E-state index in [4.69, 9.17) is 0 Å². The first kappa shape index (κ1) is 16.3. The molecule has 4 nitrogen and oxygen atoms in total. The van der Waals surface area contributed by atoms with Crippen LogP contribution in [0.25, 0.3) is 0 Å². The minimum Gasteiger partial charge on any atom is -0.353 e. The predicted octanol–water partition coefficient (Wildman–Crippen LogP) is 2.73. The van der Waals surface area contributed by atoms with E-state index in [0.29, 0.717) is 25.4 Å². The van der Waals surface area contributed by atoms with Crippen LogP contribution in [0.3, 0.4) is 0 Å². The van der Waals surface area contributed by atoms with Crippen molar-refractivity contribution in [1.29, 1.82) is 0 Å². The highest BCUT2D eigenvalue weighted by atomic mass is 16.2. The van der Waals surface area contributed by atoms with Gasteiger partial charge in [0.2, 0.25) is 11.8 Å². The zero-order chi connectivity index (χ0) is 17.7. The Kier molecular flexibility index (Phi) is 3.84. The molecule has 1 saturated heterocycles. The highest BCUT2D eigenvalue weighted by Crippen LogP contribution is 2.64. The lowest BCUT2D eigenvalue weighted by molar-refractivity contribution is -0.140. The molecule has 4 aliphatic rings. The van der Waals surface area contributed by atoms with Crippen LogP contribution in [0.5, 0.6) is 0 Å². The van der Waals surface area contributed by atoms with Crippen LogP contribution >= 0.6 is 0 Å². The number of piperazine rings is 1. The number of nitrogens with one attached hydrogen (secondary N) is 1. The molecule has 4 heteroatoms. The van der Waals surface area contributed by atoms with Crippen molar-refractivity contribution in [3.8, 4) is 0 Å². The Bertz CT molecular complexity index is 718. The molecule has 1 aromatic carbocycles. The van der Waals surface area contributed by atoms with Gasteiger partial charge in [0.05, 0.1) is 6.54 Å². The van der Waals surface area contributed by atoms with Gasteiger partial charge in [-0.15, -0.1) is 0 Å². The van der Waals surface area contributed by atoms with Gasteiger partial charge in [-0.05, 0) is 61.3 Å². The van der Waals surface area contributed by atoms with E-state index in [1.165, 1.54) is 31.2 Å². The van der Waals surface area contributed by atoms with Crippen LogP contribution in [0.4, 0.5) is 0 Å². The van der Waals surface area contributed by atoms with E-state index in [0.717, 1.165) is 24.2 Å². The van der Waals surface area contributed by atoms with Crippen LogP contribution in [0, 0.1) is 23.7 Å². The molecule has 1 aliphatic heterocycles. The summed E-state index contributed by atoms with van der Waals surface area (Å²) < 4.78 is 0. The molecule has 2 bridgehead atoms.